The lowest BCUT2D eigenvalue weighted by Crippen LogP contribution is -2.34. The minimum Gasteiger partial charge on any atom is -0.369 e. The second-order valence-electron chi connectivity index (χ2n) is 5.38. The van der Waals surface area contributed by atoms with Gasteiger partial charge in [0.2, 0.25) is 0 Å². The number of non-ortho nitro benzene ring substituents is 1. The van der Waals surface area contributed by atoms with Gasteiger partial charge in [0, 0.05) is 38.3 Å². The molecular formula is C14H18ClF2N3O2. The molecule has 1 aromatic carbocycles. The van der Waals surface area contributed by atoms with E-state index in [1.807, 2.05) is 4.90 Å². The Bertz CT molecular complexity index is 534. The third kappa shape index (κ3) is 4.04. The maximum atomic E-state index is 12.5. The molecule has 0 saturated carbocycles. The minimum absolute atomic E-state index is 0.0413. The van der Waals surface area contributed by atoms with Crippen molar-refractivity contribution in [2.45, 2.75) is 19.8 Å². The molecule has 0 aromatic heterocycles. The van der Waals surface area contributed by atoms with Crippen LogP contribution in [0, 0.1) is 17.0 Å². The number of alkyl halides is 2. The number of aryl methyl sites for hydroxylation is 1. The van der Waals surface area contributed by atoms with E-state index in [4.69, 9.17) is 11.6 Å². The van der Waals surface area contributed by atoms with Gasteiger partial charge >= 0.3 is 0 Å². The Morgan fingerprint density at radius 3 is 2.64 bits per heavy atom. The van der Waals surface area contributed by atoms with E-state index < -0.39 is 11.3 Å². The molecule has 1 saturated heterocycles. The molecule has 0 atom stereocenters. The number of hydrogen-bond donors (Lipinski definition) is 0. The zero-order valence-corrected chi connectivity index (χ0v) is 13.0. The number of halogens is 3. The Morgan fingerprint density at radius 1 is 1.32 bits per heavy atom. The molecule has 1 aromatic rings. The topological polar surface area (TPSA) is 49.6 Å². The third-order valence-electron chi connectivity index (χ3n) is 3.75. The largest absolute Gasteiger partial charge is 0.369 e. The summed E-state index contributed by atoms with van der Waals surface area (Å²) in [7, 11) is 0. The first kappa shape index (κ1) is 16.9. The van der Waals surface area contributed by atoms with Gasteiger partial charge in [0.15, 0.2) is 0 Å². The highest BCUT2D eigenvalue weighted by Gasteiger charge is 2.22. The molecule has 8 heteroatoms. The van der Waals surface area contributed by atoms with Gasteiger partial charge in [-0.05, 0) is 18.9 Å². The summed E-state index contributed by atoms with van der Waals surface area (Å²) in [6.07, 6.45) is -1.59. The predicted octanol–water partition coefficient (Wildman–Crippen LogP) is 3.33. The van der Waals surface area contributed by atoms with E-state index in [0.29, 0.717) is 31.2 Å². The van der Waals surface area contributed by atoms with Crippen LogP contribution in [0.2, 0.25) is 5.02 Å². The summed E-state index contributed by atoms with van der Waals surface area (Å²) in [5.41, 5.74) is 1.44. The van der Waals surface area contributed by atoms with Crippen LogP contribution in [0.25, 0.3) is 0 Å². The summed E-state index contributed by atoms with van der Waals surface area (Å²) in [4.78, 5) is 14.1. The molecule has 1 aliphatic rings. The number of benzene rings is 1. The van der Waals surface area contributed by atoms with Gasteiger partial charge in [-0.15, -0.1) is 0 Å². The fourth-order valence-electron chi connectivity index (χ4n) is 2.80. The summed E-state index contributed by atoms with van der Waals surface area (Å²) in [6, 6.07) is 2.83. The summed E-state index contributed by atoms with van der Waals surface area (Å²) in [6.45, 7) is 3.96. The van der Waals surface area contributed by atoms with Gasteiger partial charge in [0.25, 0.3) is 12.1 Å². The fraction of sp³-hybridized carbons (Fsp3) is 0.571. The Kier molecular flexibility index (Phi) is 5.52. The highest BCUT2D eigenvalue weighted by molar-refractivity contribution is 6.33. The molecule has 122 valence electrons. The number of anilines is 1. The van der Waals surface area contributed by atoms with Crippen molar-refractivity contribution in [3.63, 3.8) is 0 Å². The molecule has 0 radical (unpaired) electrons. The minimum atomic E-state index is -2.34. The van der Waals surface area contributed by atoms with E-state index in [2.05, 4.69) is 0 Å². The van der Waals surface area contributed by atoms with Crippen molar-refractivity contribution in [1.29, 1.82) is 0 Å². The van der Waals surface area contributed by atoms with Crippen molar-refractivity contribution in [3.05, 3.63) is 32.8 Å². The summed E-state index contributed by atoms with van der Waals surface area (Å²) < 4.78 is 25.0. The predicted molar refractivity (Wildman–Crippen MR) is 82.1 cm³/mol. The highest BCUT2D eigenvalue weighted by Crippen LogP contribution is 2.34. The van der Waals surface area contributed by atoms with E-state index in [0.717, 1.165) is 17.7 Å². The van der Waals surface area contributed by atoms with Crippen LogP contribution < -0.4 is 4.90 Å². The molecule has 0 aliphatic carbocycles. The van der Waals surface area contributed by atoms with Crippen molar-refractivity contribution in [1.82, 2.24) is 4.90 Å². The summed E-state index contributed by atoms with van der Waals surface area (Å²) >= 11 is 6.21. The van der Waals surface area contributed by atoms with E-state index in [1.165, 1.54) is 12.1 Å². The lowest BCUT2D eigenvalue weighted by molar-refractivity contribution is -0.384. The van der Waals surface area contributed by atoms with Crippen LogP contribution in [0.1, 0.15) is 12.0 Å². The van der Waals surface area contributed by atoms with Crippen molar-refractivity contribution in [2.75, 3.05) is 37.6 Å². The van der Waals surface area contributed by atoms with Gasteiger partial charge in [-0.3, -0.25) is 15.0 Å². The summed E-state index contributed by atoms with van der Waals surface area (Å²) in [5.74, 6) is 0. The standard InChI is InChI=1S/C14H18ClF2N3O2/c1-10-7-11(20(21)22)8-12(15)14(10)19-4-2-3-18(5-6-19)9-13(16)17/h7-8,13H,2-6,9H2,1H3. The second kappa shape index (κ2) is 7.19. The smallest absolute Gasteiger partial charge is 0.271 e. The maximum absolute atomic E-state index is 12.5. The number of nitro benzene ring substituents is 1. The van der Waals surface area contributed by atoms with Gasteiger partial charge in [-0.2, -0.15) is 0 Å². The van der Waals surface area contributed by atoms with Crippen LogP contribution in [0.4, 0.5) is 20.2 Å². The highest BCUT2D eigenvalue weighted by atomic mass is 35.5. The first-order valence-corrected chi connectivity index (χ1v) is 7.46. The summed E-state index contributed by atoms with van der Waals surface area (Å²) in [5, 5.41) is 11.2. The van der Waals surface area contributed by atoms with E-state index in [-0.39, 0.29) is 12.2 Å². The SMILES string of the molecule is Cc1cc([N+](=O)[O-])cc(Cl)c1N1CCCN(CC(F)F)CC1. The van der Waals surface area contributed by atoms with Crippen molar-refractivity contribution in [2.24, 2.45) is 0 Å². The fourth-order valence-corrected chi connectivity index (χ4v) is 3.18. The molecule has 1 fully saturated rings. The molecule has 0 N–H and O–H groups in total. The molecule has 0 spiro atoms. The zero-order valence-electron chi connectivity index (χ0n) is 12.3. The first-order chi connectivity index (χ1) is 10.4. The van der Waals surface area contributed by atoms with E-state index >= 15 is 0 Å². The monoisotopic (exact) mass is 333 g/mol. The average Bonchev–Trinajstić information content (AvgIpc) is 2.63. The van der Waals surface area contributed by atoms with Gasteiger partial charge in [0.05, 0.1) is 22.2 Å². The van der Waals surface area contributed by atoms with Gasteiger partial charge in [-0.25, -0.2) is 8.78 Å². The number of rotatable bonds is 4. The normalized spacial score (nSPS) is 16.9. The maximum Gasteiger partial charge on any atom is 0.271 e. The number of hydrogen-bond acceptors (Lipinski definition) is 4. The quantitative estimate of drug-likeness (QED) is 0.626. The van der Waals surface area contributed by atoms with E-state index in [9.17, 15) is 18.9 Å². The molecule has 1 aliphatic heterocycles. The zero-order chi connectivity index (χ0) is 16.3. The van der Waals surface area contributed by atoms with Crippen LogP contribution in [0.3, 0.4) is 0 Å². The molecule has 22 heavy (non-hydrogen) atoms. The van der Waals surface area contributed by atoms with E-state index in [1.54, 1.807) is 11.8 Å². The average molecular weight is 334 g/mol. The van der Waals surface area contributed by atoms with Crippen LogP contribution in [0.15, 0.2) is 12.1 Å². The van der Waals surface area contributed by atoms with Gasteiger partial charge in [-0.1, -0.05) is 11.6 Å². The van der Waals surface area contributed by atoms with Crippen LogP contribution in [-0.4, -0.2) is 49.0 Å². The molecule has 0 bridgehead atoms. The van der Waals surface area contributed by atoms with Crippen LogP contribution in [-0.2, 0) is 0 Å². The Hall–Kier alpha value is -1.47. The lowest BCUT2D eigenvalue weighted by Gasteiger charge is -2.26. The number of nitro groups is 1. The lowest BCUT2D eigenvalue weighted by atomic mass is 10.1. The third-order valence-corrected chi connectivity index (χ3v) is 4.04. The Morgan fingerprint density at radius 2 is 2.05 bits per heavy atom. The van der Waals surface area contributed by atoms with Crippen molar-refractivity contribution in [3.8, 4) is 0 Å². The molecule has 1 heterocycles. The molecule has 0 amide bonds. The molecule has 0 unspecified atom stereocenters. The molecule has 5 nitrogen and oxygen atoms in total. The second-order valence-corrected chi connectivity index (χ2v) is 5.79. The number of nitrogens with zero attached hydrogens (tertiary/aromatic N) is 3. The van der Waals surface area contributed by atoms with Crippen molar-refractivity contribution >= 4 is 23.0 Å². The van der Waals surface area contributed by atoms with Crippen LogP contribution >= 0.6 is 11.6 Å². The van der Waals surface area contributed by atoms with Gasteiger partial charge in [0.1, 0.15) is 0 Å². The first-order valence-electron chi connectivity index (χ1n) is 7.08. The van der Waals surface area contributed by atoms with Crippen LogP contribution in [0.5, 0.6) is 0 Å². The van der Waals surface area contributed by atoms with Gasteiger partial charge < -0.3 is 4.90 Å². The Balaban J connectivity index is 2.16. The van der Waals surface area contributed by atoms with Crippen molar-refractivity contribution < 1.29 is 13.7 Å². The Labute approximate surface area is 132 Å². The molecular weight excluding hydrogens is 316 g/mol. The molecule has 2 rings (SSSR count).